The second-order valence-corrected chi connectivity index (χ2v) is 5.97. The van der Waals surface area contributed by atoms with Gasteiger partial charge in [0.1, 0.15) is 0 Å². The van der Waals surface area contributed by atoms with Crippen LogP contribution < -0.4 is 0 Å². The van der Waals surface area contributed by atoms with Crippen LogP contribution in [0.1, 0.15) is 25.3 Å². The van der Waals surface area contributed by atoms with Gasteiger partial charge in [-0.1, -0.05) is 13.3 Å². The van der Waals surface area contributed by atoms with Crippen molar-refractivity contribution in [1.82, 2.24) is 0 Å². The van der Waals surface area contributed by atoms with Crippen LogP contribution in [0.25, 0.3) is 20.2 Å². The zero-order chi connectivity index (χ0) is 11.0. The lowest BCUT2D eigenvalue weighted by Crippen LogP contribution is -1.85. The molecule has 2 heteroatoms. The summed E-state index contributed by atoms with van der Waals surface area (Å²) in [5.74, 6) is 0. The molecular formula is C14H14S2. The number of rotatable bonds is 3. The molecule has 1 aromatic carbocycles. The maximum absolute atomic E-state index is 2.39. The van der Waals surface area contributed by atoms with Crippen LogP contribution in [0.4, 0.5) is 0 Å². The molecule has 0 amide bonds. The highest BCUT2D eigenvalue weighted by Crippen LogP contribution is 2.36. The molecule has 2 heterocycles. The second kappa shape index (κ2) is 4.19. The molecule has 0 bridgehead atoms. The average molecular weight is 246 g/mol. The molecule has 16 heavy (non-hydrogen) atoms. The Morgan fingerprint density at radius 2 is 1.88 bits per heavy atom. The average Bonchev–Trinajstić information content (AvgIpc) is 2.92. The summed E-state index contributed by atoms with van der Waals surface area (Å²) in [5, 5.41) is 7.33. The van der Waals surface area contributed by atoms with Crippen molar-refractivity contribution in [3.63, 3.8) is 0 Å². The molecule has 0 radical (unpaired) electrons. The van der Waals surface area contributed by atoms with Gasteiger partial charge in [-0.25, -0.2) is 0 Å². The quantitative estimate of drug-likeness (QED) is 0.575. The summed E-state index contributed by atoms with van der Waals surface area (Å²) in [5.41, 5.74) is 1.53. The van der Waals surface area contributed by atoms with Gasteiger partial charge in [0.25, 0.3) is 0 Å². The zero-order valence-electron chi connectivity index (χ0n) is 9.32. The van der Waals surface area contributed by atoms with Crippen molar-refractivity contribution in [2.45, 2.75) is 26.2 Å². The monoisotopic (exact) mass is 246 g/mol. The Bertz CT molecular complexity index is 616. The maximum Gasteiger partial charge on any atom is 0.0523 e. The number of hydrogen-bond acceptors (Lipinski definition) is 2. The topological polar surface area (TPSA) is 0 Å². The molecule has 0 nitrogen and oxygen atoms in total. The summed E-state index contributed by atoms with van der Waals surface area (Å²) in [4.78, 5) is 0. The molecule has 0 saturated heterocycles. The predicted octanol–water partition coefficient (Wildman–Crippen LogP) is 5.46. The number of unbranched alkanes of at least 4 members (excludes halogenated alkanes) is 1. The second-order valence-electron chi connectivity index (χ2n) is 4.14. The molecule has 3 rings (SSSR count). The summed E-state index contributed by atoms with van der Waals surface area (Å²) in [6.07, 6.45) is 3.78. The number of hydrogen-bond donors (Lipinski definition) is 0. The third-order valence-corrected chi connectivity index (χ3v) is 5.05. The lowest BCUT2D eigenvalue weighted by atomic mass is 10.0. The SMILES string of the molecule is CCCCc1cc2ccsc2c2sccc12. The minimum Gasteiger partial charge on any atom is -0.142 e. The van der Waals surface area contributed by atoms with E-state index >= 15 is 0 Å². The van der Waals surface area contributed by atoms with E-state index in [1.165, 1.54) is 45.0 Å². The van der Waals surface area contributed by atoms with Gasteiger partial charge in [-0.3, -0.25) is 0 Å². The van der Waals surface area contributed by atoms with E-state index in [4.69, 9.17) is 0 Å². The smallest absolute Gasteiger partial charge is 0.0523 e. The number of thiophene rings is 2. The van der Waals surface area contributed by atoms with E-state index < -0.39 is 0 Å². The Balaban J connectivity index is 2.26. The van der Waals surface area contributed by atoms with Crippen LogP contribution in [-0.2, 0) is 6.42 Å². The summed E-state index contributed by atoms with van der Waals surface area (Å²) >= 11 is 3.74. The van der Waals surface area contributed by atoms with E-state index in [1.807, 2.05) is 22.7 Å². The van der Waals surface area contributed by atoms with Crippen LogP contribution >= 0.6 is 22.7 Å². The van der Waals surface area contributed by atoms with E-state index in [2.05, 4.69) is 35.9 Å². The van der Waals surface area contributed by atoms with Crippen molar-refractivity contribution in [1.29, 1.82) is 0 Å². The Labute approximate surface area is 104 Å². The van der Waals surface area contributed by atoms with Crippen LogP contribution in [0, 0.1) is 0 Å². The van der Waals surface area contributed by atoms with Gasteiger partial charge in [-0.15, -0.1) is 22.7 Å². The molecule has 0 aliphatic rings. The third kappa shape index (κ3) is 1.57. The van der Waals surface area contributed by atoms with Gasteiger partial charge >= 0.3 is 0 Å². The lowest BCUT2D eigenvalue weighted by Gasteiger charge is -2.03. The van der Waals surface area contributed by atoms with Crippen molar-refractivity contribution in [2.24, 2.45) is 0 Å². The summed E-state index contributed by atoms with van der Waals surface area (Å²) < 4.78 is 2.95. The van der Waals surface area contributed by atoms with Crippen molar-refractivity contribution in [2.75, 3.05) is 0 Å². The highest BCUT2D eigenvalue weighted by molar-refractivity contribution is 7.25. The molecule has 0 aliphatic heterocycles. The molecule has 0 aliphatic carbocycles. The van der Waals surface area contributed by atoms with Crippen LogP contribution in [0.3, 0.4) is 0 Å². The first-order chi connectivity index (χ1) is 7.90. The first kappa shape index (κ1) is 10.3. The fourth-order valence-electron chi connectivity index (χ4n) is 2.19. The third-order valence-electron chi connectivity index (χ3n) is 3.04. The van der Waals surface area contributed by atoms with Gasteiger partial charge in [-0.05, 0) is 58.1 Å². The molecule has 3 aromatic rings. The minimum absolute atomic E-state index is 1.22. The standard InChI is InChI=1S/C14H14S2/c1-2-3-4-10-9-11-5-7-15-13(11)14-12(10)6-8-16-14/h5-9H,2-4H2,1H3. The highest BCUT2D eigenvalue weighted by Gasteiger charge is 2.08. The predicted molar refractivity (Wildman–Crippen MR) is 75.8 cm³/mol. The van der Waals surface area contributed by atoms with Crippen LogP contribution in [0.5, 0.6) is 0 Å². The van der Waals surface area contributed by atoms with Crippen LogP contribution in [-0.4, -0.2) is 0 Å². The number of fused-ring (bicyclic) bond motifs is 3. The van der Waals surface area contributed by atoms with Gasteiger partial charge in [0, 0.05) is 0 Å². The molecule has 0 N–H and O–H groups in total. The highest BCUT2D eigenvalue weighted by atomic mass is 32.1. The molecule has 0 saturated carbocycles. The van der Waals surface area contributed by atoms with Gasteiger partial charge in [0.05, 0.1) is 9.40 Å². The van der Waals surface area contributed by atoms with Gasteiger partial charge in [-0.2, -0.15) is 0 Å². The van der Waals surface area contributed by atoms with E-state index in [0.29, 0.717) is 0 Å². The van der Waals surface area contributed by atoms with Crippen LogP contribution in [0.15, 0.2) is 29.0 Å². The van der Waals surface area contributed by atoms with Crippen LogP contribution in [0.2, 0.25) is 0 Å². The fourth-order valence-corrected chi connectivity index (χ4v) is 4.21. The molecule has 82 valence electrons. The maximum atomic E-state index is 2.39. The Hall–Kier alpha value is -0.860. The number of aryl methyl sites for hydroxylation is 1. The van der Waals surface area contributed by atoms with E-state index in [-0.39, 0.29) is 0 Å². The minimum atomic E-state index is 1.22. The van der Waals surface area contributed by atoms with Gasteiger partial charge < -0.3 is 0 Å². The molecule has 0 fully saturated rings. The summed E-state index contributed by atoms with van der Waals surface area (Å²) in [7, 11) is 0. The van der Waals surface area contributed by atoms with Crippen molar-refractivity contribution in [3.8, 4) is 0 Å². The lowest BCUT2D eigenvalue weighted by molar-refractivity contribution is 0.800. The molecular weight excluding hydrogens is 232 g/mol. The van der Waals surface area contributed by atoms with E-state index in [0.717, 1.165) is 0 Å². The van der Waals surface area contributed by atoms with Crippen molar-refractivity contribution >= 4 is 42.8 Å². The van der Waals surface area contributed by atoms with Gasteiger partial charge in [0.15, 0.2) is 0 Å². The summed E-state index contributed by atoms with van der Waals surface area (Å²) in [6, 6.07) is 6.91. The normalized spacial score (nSPS) is 11.6. The number of benzene rings is 1. The van der Waals surface area contributed by atoms with Gasteiger partial charge in [0.2, 0.25) is 0 Å². The van der Waals surface area contributed by atoms with E-state index in [9.17, 15) is 0 Å². The largest absolute Gasteiger partial charge is 0.142 e. The first-order valence-corrected chi connectivity index (χ1v) is 7.52. The summed E-state index contributed by atoms with van der Waals surface area (Å²) in [6.45, 7) is 2.26. The molecule has 0 spiro atoms. The Morgan fingerprint density at radius 3 is 2.75 bits per heavy atom. The van der Waals surface area contributed by atoms with E-state index in [1.54, 1.807) is 0 Å². The Morgan fingerprint density at radius 1 is 1.06 bits per heavy atom. The molecule has 0 unspecified atom stereocenters. The fraction of sp³-hybridized carbons (Fsp3) is 0.286. The first-order valence-electron chi connectivity index (χ1n) is 5.76. The molecule has 2 aromatic heterocycles. The molecule has 0 atom stereocenters. The zero-order valence-corrected chi connectivity index (χ0v) is 11.0. The Kier molecular flexibility index (Phi) is 2.70. The van der Waals surface area contributed by atoms with Crippen molar-refractivity contribution < 1.29 is 0 Å². The van der Waals surface area contributed by atoms with Crippen molar-refractivity contribution in [3.05, 3.63) is 34.5 Å².